The van der Waals surface area contributed by atoms with E-state index in [-0.39, 0.29) is 5.56 Å². The molecule has 0 amide bonds. The Balaban J connectivity index is 2.24. The van der Waals surface area contributed by atoms with Crippen molar-refractivity contribution in [3.05, 3.63) is 41.0 Å². The minimum Gasteiger partial charge on any atom is -0.462 e. The highest BCUT2D eigenvalue weighted by molar-refractivity contribution is 5.91. The van der Waals surface area contributed by atoms with Crippen LogP contribution in [-0.4, -0.2) is 26.3 Å². The second kappa shape index (κ2) is 8.08. The maximum Gasteiger partial charge on any atom is 0.341 e. The van der Waals surface area contributed by atoms with Crippen LogP contribution in [0.25, 0.3) is 0 Å². The minimum absolute atomic E-state index is 0.0357. The second-order valence-corrected chi connectivity index (χ2v) is 6.21. The molecule has 0 atom stereocenters. The van der Waals surface area contributed by atoms with E-state index in [4.69, 9.17) is 4.74 Å². The monoisotopic (exact) mass is 332 g/mol. The molecule has 0 saturated heterocycles. The highest BCUT2D eigenvalue weighted by Gasteiger charge is 2.26. The molecular formula is C19H25FN2O2. The molecule has 2 rings (SSSR count). The number of ether oxygens (including phenoxy) is 1. The normalized spacial score (nSPS) is 14.4. The maximum absolute atomic E-state index is 14.2. The van der Waals surface area contributed by atoms with Crippen molar-refractivity contribution < 1.29 is 13.9 Å². The third kappa shape index (κ3) is 4.43. The molecule has 1 saturated carbocycles. The van der Waals surface area contributed by atoms with Gasteiger partial charge in [0.2, 0.25) is 0 Å². The minimum atomic E-state index is -0.621. The molecule has 1 aromatic carbocycles. The number of rotatable bonds is 8. The van der Waals surface area contributed by atoms with Crippen LogP contribution in [0, 0.1) is 18.7 Å². The summed E-state index contributed by atoms with van der Waals surface area (Å²) in [5.41, 5.74) is 2.39. The largest absolute Gasteiger partial charge is 0.462 e. The first-order valence-electron chi connectivity index (χ1n) is 8.36. The number of esters is 1. The Morgan fingerprint density at radius 1 is 1.50 bits per heavy atom. The lowest BCUT2D eigenvalue weighted by atomic mass is 10.1. The van der Waals surface area contributed by atoms with Gasteiger partial charge < -0.3 is 9.64 Å². The number of allylic oxidation sites excluding steroid dienone is 1. The van der Waals surface area contributed by atoms with Gasteiger partial charge in [-0.05, 0) is 50.6 Å². The first-order valence-corrected chi connectivity index (χ1v) is 8.36. The van der Waals surface area contributed by atoms with E-state index in [1.165, 1.54) is 6.07 Å². The summed E-state index contributed by atoms with van der Waals surface area (Å²) in [7, 11) is 1.86. The van der Waals surface area contributed by atoms with Crippen LogP contribution in [0.15, 0.2) is 29.0 Å². The fourth-order valence-electron chi connectivity index (χ4n) is 2.51. The number of aryl methyl sites for hydroxylation is 1. The summed E-state index contributed by atoms with van der Waals surface area (Å²) < 4.78 is 19.3. The highest BCUT2D eigenvalue weighted by atomic mass is 19.1. The Labute approximate surface area is 143 Å². The zero-order chi connectivity index (χ0) is 17.7. The van der Waals surface area contributed by atoms with E-state index in [1.54, 1.807) is 6.07 Å². The van der Waals surface area contributed by atoms with Crippen LogP contribution in [0.3, 0.4) is 0 Å². The number of carbonyl (C=O) groups excluding carboxylic acids is 1. The fourth-order valence-corrected chi connectivity index (χ4v) is 2.51. The molecule has 0 aliphatic heterocycles. The molecule has 0 radical (unpaired) electrons. The van der Waals surface area contributed by atoms with E-state index in [1.807, 2.05) is 32.0 Å². The number of unbranched alkanes of at least 4 members (excludes halogenated alkanes) is 1. The van der Waals surface area contributed by atoms with Crippen LogP contribution in [0.2, 0.25) is 0 Å². The van der Waals surface area contributed by atoms with Crippen LogP contribution < -0.4 is 4.90 Å². The van der Waals surface area contributed by atoms with Gasteiger partial charge in [-0.3, -0.25) is 4.99 Å². The molecule has 0 bridgehead atoms. The number of nitrogens with zero attached hydrogens (tertiary/aromatic N) is 2. The summed E-state index contributed by atoms with van der Waals surface area (Å²) in [6.07, 6.45) is 5.83. The van der Waals surface area contributed by atoms with Crippen LogP contribution in [0.1, 0.15) is 48.5 Å². The number of aliphatic imine (C=N–C) groups is 1. The van der Waals surface area contributed by atoms with E-state index < -0.39 is 11.8 Å². The van der Waals surface area contributed by atoms with Crippen molar-refractivity contribution in [3.8, 4) is 0 Å². The summed E-state index contributed by atoms with van der Waals surface area (Å²) in [5.74, 6) is -0.715. The number of carbonyl (C=O) groups is 1. The van der Waals surface area contributed by atoms with Gasteiger partial charge in [-0.1, -0.05) is 13.3 Å². The molecule has 24 heavy (non-hydrogen) atoms. The average Bonchev–Trinajstić information content (AvgIpc) is 3.37. The van der Waals surface area contributed by atoms with Gasteiger partial charge in [0.05, 0.1) is 17.9 Å². The molecular weight excluding hydrogens is 307 g/mol. The van der Waals surface area contributed by atoms with Crippen molar-refractivity contribution in [2.24, 2.45) is 10.9 Å². The number of hydrogen-bond donors (Lipinski definition) is 0. The molecule has 1 aromatic rings. The Kier molecular flexibility index (Phi) is 6.12. The van der Waals surface area contributed by atoms with Crippen molar-refractivity contribution >= 4 is 18.4 Å². The first kappa shape index (κ1) is 18.2. The number of benzene rings is 1. The molecule has 130 valence electrons. The smallest absolute Gasteiger partial charge is 0.341 e. The van der Waals surface area contributed by atoms with Crippen molar-refractivity contribution in [2.75, 3.05) is 18.6 Å². The lowest BCUT2D eigenvalue weighted by Crippen LogP contribution is -2.15. The van der Waals surface area contributed by atoms with Gasteiger partial charge in [0.25, 0.3) is 0 Å². The predicted octanol–water partition coefficient (Wildman–Crippen LogP) is 4.48. The summed E-state index contributed by atoms with van der Waals surface area (Å²) in [5, 5.41) is 0. The first-order chi connectivity index (χ1) is 11.5. The number of halogens is 1. The molecule has 0 spiro atoms. The van der Waals surface area contributed by atoms with Gasteiger partial charge in [-0.25, -0.2) is 9.18 Å². The molecule has 4 nitrogen and oxygen atoms in total. The van der Waals surface area contributed by atoms with Crippen molar-refractivity contribution in [1.29, 1.82) is 0 Å². The molecule has 5 heteroatoms. The Bertz CT molecular complexity index is 651. The second-order valence-electron chi connectivity index (χ2n) is 6.21. The van der Waals surface area contributed by atoms with Gasteiger partial charge in [0.1, 0.15) is 5.82 Å². The third-order valence-corrected chi connectivity index (χ3v) is 4.12. The molecule has 1 fully saturated rings. The molecule has 0 unspecified atom stereocenters. The Morgan fingerprint density at radius 3 is 2.79 bits per heavy atom. The average molecular weight is 332 g/mol. The topological polar surface area (TPSA) is 41.9 Å². The van der Waals surface area contributed by atoms with E-state index in [0.717, 1.165) is 42.6 Å². The highest BCUT2D eigenvalue weighted by Crippen LogP contribution is 2.37. The van der Waals surface area contributed by atoms with E-state index in [9.17, 15) is 9.18 Å². The quantitative estimate of drug-likeness (QED) is 0.400. The van der Waals surface area contributed by atoms with Crippen molar-refractivity contribution in [1.82, 2.24) is 0 Å². The van der Waals surface area contributed by atoms with Crippen molar-refractivity contribution in [2.45, 2.75) is 39.5 Å². The standard InChI is InChI=1S/C19H25FN2O2/c1-5-6-9-24-19(23)15-11-18(13(2)10-16(15)20)22(4)12-17(21-3)14-7-8-14/h10-12,14H,3,5-9H2,1-2,4H3/b17-12-. The molecule has 1 aliphatic rings. The maximum atomic E-state index is 14.2. The zero-order valence-electron chi connectivity index (χ0n) is 14.6. The van der Waals surface area contributed by atoms with Crippen LogP contribution >= 0.6 is 0 Å². The Hall–Kier alpha value is -2.17. The summed E-state index contributed by atoms with van der Waals surface area (Å²) >= 11 is 0. The number of anilines is 1. The van der Waals surface area contributed by atoms with Crippen LogP contribution in [0.5, 0.6) is 0 Å². The zero-order valence-corrected chi connectivity index (χ0v) is 14.6. The lowest BCUT2D eigenvalue weighted by Gasteiger charge is -2.19. The summed E-state index contributed by atoms with van der Waals surface area (Å²) in [6.45, 7) is 7.74. The molecule has 1 aliphatic carbocycles. The Morgan fingerprint density at radius 2 is 2.21 bits per heavy atom. The van der Waals surface area contributed by atoms with E-state index in [0.29, 0.717) is 12.5 Å². The van der Waals surface area contributed by atoms with Gasteiger partial charge in [-0.2, -0.15) is 0 Å². The number of hydrogen-bond acceptors (Lipinski definition) is 4. The fraction of sp³-hybridized carbons (Fsp3) is 0.474. The summed E-state index contributed by atoms with van der Waals surface area (Å²) in [6, 6.07) is 2.91. The predicted molar refractivity (Wildman–Crippen MR) is 95.1 cm³/mol. The van der Waals surface area contributed by atoms with E-state index in [2.05, 4.69) is 11.7 Å². The van der Waals surface area contributed by atoms with Gasteiger partial charge in [0, 0.05) is 24.9 Å². The molecule has 0 aromatic heterocycles. The van der Waals surface area contributed by atoms with Crippen LogP contribution in [0.4, 0.5) is 10.1 Å². The van der Waals surface area contributed by atoms with Crippen LogP contribution in [-0.2, 0) is 4.74 Å². The molecule has 0 N–H and O–H groups in total. The van der Waals surface area contributed by atoms with Gasteiger partial charge in [-0.15, -0.1) is 0 Å². The van der Waals surface area contributed by atoms with Gasteiger partial charge in [0.15, 0.2) is 0 Å². The molecule has 0 heterocycles. The SMILES string of the molecule is C=N/C(=C\N(C)c1cc(C(=O)OCCCC)c(F)cc1C)C1CC1. The van der Waals surface area contributed by atoms with E-state index >= 15 is 0 Å². The summed E-state index contributed by atoms with van der Waals surface area (Å²) in [4.78, 5) is 18.0. The van der Waals surface area contributed by atoms with Gasteiger partial charge >= 0.3 is 5.97 Å². The third-order valence-electron chi connectivity index (χ3n) is 4.12. The van der Waals surface area contributed by atoms with Crippen molar-refractivity contribution in [3.63, 3.8) is 0 Å². The lowest BCUT2D eigenvalue weighted by molar-refractivity contribution is 0.0494.